The van der Waals surface area contributed by atoms with Gasteiger partial charge in [0.1, 0.15) is 11.6 Å². The average molecular weight is 268 g/mol. The van der Waals surface area contributed by atoms with Gasteiger partial charge in [-0.1, -0.05) is 18.2 Å². The summed E-state index contributed by atoms with van der Waals surface area (Å²) in [5.41, 5.74) is 9.86. The van der Waals surface area contributed by atoms with Crippen molar-refractivity contribution >= 4 is 5.82 Å². The van der Waals surface area contributed by atoms with Crippen molar-refractivity contribution in [3.63, 3.8) is 0 Å². The average Bonchev–Trinajstić information content (AvgIpc) is 2.93. The number of aryl methyl sites for hydroxylation is 2. The first kappa shape index (κ1) is 13.1. The minimum atomic E-state index is 0.578. The zero-order chi connectivity index (χ0) is 13.8. The van der Waals surface area contributed by atoms with E-state index in [-0.39, 0.29) is 0 Å². The Bertz CT molecular complexity index is 595. The van der Waals surface area contributed by atoms with Crippen molar-refractivity contribution in [2.45, 2.75) is 32.2 Å². The van der Waals surface area contributed by atoms with Gasteiger partial charge < -0.3 is 11.1 Å². The Morgan fingerprint density at radius 3 is 2.95 bits per heavy atom. The second-order valence-corrected chi connectivity index (χ2v) is 5.21. The van der Waals surface area contributed by atoms with E-state index in [0.29, 0.717) is 13.0 Å². The van der Waals surface area contributed by atoms with Gasteiger partial charge in [0, 0.05) is 19.2 Å². The maximum Gasteiger partial charge on any atom is 0.131 e. The molecular weight excluding hydrogens is 248 g/mol. The van der Waals surface area contributed by atoms with Crippen molar-refractivity contribution in [3.8, 4) is 0 Å². The molecule has 3 rings (SSSR count). The van der Waals surface area contributed by atoms with Crippen LogP contribution in [-0.4, -0.2) is 16.5 Å². The van der Waals surface area contributed by atoms with Gasteiger partial charge in [-0.3, -0.25) is 0 Å². The van der Waals surface area contributed by atoms with Gasteiger partial charge in [-0.05, 0) is 48.6 Å². The van der Waals surface area contributed by atoms with Crippen LogP contribution in [0, 0.1) is 0 Å². The predicted molar refractivity (Wildman–Crippen MR) is 80.6 cm³/mol. The number of fused-ring (bicyclic) bond motifs is 1. The first-order valence-corrected chi connectivity index (χ1v) is 7.22. The highest BCUT2D eigenvalue weighted by Gasteiger charge is 2.10. The van der Waals surface area contributed by atoms with Crippen LogP contribution in [0.4, 0.5) is 5.82 Å². The quantitative estimate of drug-likeness (QED) is 0.871. The summed E-state index contributed by atoms with van der Waals surface area (Å²) in [5.74, 6) is 1.66. The number of hydrogen-bond donors (Lipinski definition) is 2. The molecule has 0 unspecified atom stereocenters. The van der Waals surface area contributed by atoms with Crippen LogP contribution in [0.1, 0.15) is 28.9 Å². The molecule has 0 saturated heterocycles. The largest absolute Gasteiger partial charge is 0.366 e. The highest BCUT2D eigenvalue weighted by molar-refractivity contribution is 5.39. The molecule has 1 aliphatic rings. The van der Waals surface area contributed by atoms with Gasteiger partial charge in [0.2, 0.25) is 0 Å². The van der Waals surface area contributed by atoms with Gasteiger partial charge in [-0.25, -0.2) is 9.97 Å². The molecule has 0 spiro atoms. The molecule has 0 radical (unpaired) electrons. The lowest BCUT2D eigenvalue weighted by Crippen LogP contribution is -2.08. The molecule has 1 heterocycles. The maximum atomic E-state index is 5.53. The molecule has 3 N–H and O–H groups in total. The third kappa shape index (κ3) is 2.96. The molecule has 0 saturated carbocycles. The van der Waals surface area contributed by atoms with Gasteiger partial charge in [-0.15, -0.1) is 0 Å². The van der Waals surface area contributed by atoms with Crippen LogP contribution >= 0.6 is 0 Å². The molecule has 0 atom stereocenters. The van der Waals surface area contributed by atoms with Gasteiger partial charge in [0.15, 0.2) is 0 Å². The van der Waals surface area contributed by atoms with E-state index in [0.717, 1.165) is 18.2 Å². The van der Waals surface area contributed by atoms with Crippen LogP contribution in [0.3, 0.4) is 0 Å². The lowest BCUT2D eigenvalue weighted by molar-refractivity contribution is 0.865. The summed E-state index contributed by atoms with van der Waals surface area (Å²) < 4.78 is 0. The molecule has 104 valence electrons. The van der Waals surface area contributed by atoms with E-state index >= 15 is 0 Å². The second kappa shape index (κ2) is 6.01. The first-order chi connectivity index (χ1) is 9.85. The first-order valence-electron chi connectivity index (χ1n) is 7.22. The summed E-state index contributed by atoms with van der Waals surface area (Å²) in [5, 5.41) is 3.36. The number of rotatable bonds is 5. The fraction of sp³-hybridized carbons (Fsp3) is 0.375. The van der Waals surface area contributed by atoms with Gasteiger partial charge in [0.05, 0.1) is 0 Å². The second-order valence-electron chi connectivity index (χ2n) is 5.21. The summed E-state index contributed by atoms with van der Waals surface area (Å²) in [4.78, 5) is 8.65. The standard InChI is InChI=1S/C16H20N4/c17-8-6-15-18-9-7-16(20-15)19-11-12-4-5-13-2-1-3-14(13)10-12/h4-5,7,9-10H,1-3,6,8,11,17H2,(H,18,19,20). The Labute approximate surface area is 119 Å². The highest BCUT2D eigenvalue weighted by Crippen LogP contribution is 2.23. The normalized spacial score (nSPS) is 13.2. The molecule has 2 aromatic rings. The van der Waals surface area contributed by atoms with Crippen molar-refractivity contribution in [1.29, 1.82) is 0 Å². The molecule has 0 aliphatic heterocycles. The summed E-state index contributed by atoms with van der Waals surface area (Å²) in [6.45, 7) is 1.38. The van der Waals surface area contributed by atoms with Crippen molar-refractivity contribution in [3.05, 3.63) is 53.0 Å². The zero-order valence-corrected chi connectivity index (χ0v) is 11.6. The minimum Gasteiger partial charge on any atom is -0.366 e. The van der Waals surface area contributed by atoms with E-state index in [2.05, 4.69) is 33.5 Å². The number of aromatic nitrogens is 2. The van der Waals surface area contributed by atoms with Crippen LogP contribution in [0.15, 0.2) is 30.5 Å². The highest BCUT2D eigenvalue weighted by atomic mass is 15.0. The predicted octanol–water partition coefficient (Wildman–Crippen LogP) is 2.08. The Hall–Kier alpha value is -1.94. The smallest absolute Gasteiger partial charge is 0.131 e. The molecule has 0 fully saturated rings. The molecule has 0 amide bonds. The summed E-state index contributed by atoms with van der Waals surface area (Å²) in [6, 6.07) is 8.68. The van der Waals surface area contributed by atoms with Crippen LogP contribution in [0.25, 0.3) is 0 Å². The molecule has 0 bridgehead atoms. The van der Waals surface area contributed by atoms with E-state index in [1.54, 1.807) is 6.20 Å². The number of nitrogens with zero attached hydrogens (tertiary/aromatic N) is 2. The van der Waals surface area contributed by atoms with E-state index in [9.17, 15) is 0 Å². The van der Waals surface area contributed by atoms with Crippen molar-refractivity contribution in [1.82, 2.24) is 9.97 Å². The van der Waals surface area contributed by atoms with Gasteiger partial charge in [0.25, 0.3) is 0 Å². The Balaban J connectivity index is 1.65. The molecule has 20 heavy (non-hydrogen) atoms. The lowest BCUT2D eigenvalue weighted by atomic mass is 10.1. The lowest BCUT2D eigenvalue weighted by Gasteiger charge is -2.08. The van der Waals surface area contributed by atoms with E-state index in [1.165, 1.54) is 36.0 Å². The molecule has 4 nitrogen and oxygen atoms in total. The van der Waals surface area contributed by atoms with Crippen molar-refractivity contribution in [2.24, 2.45) is 5.73 Å². The van der Waals surface area contributed by atoms with Gasteiger partial charge >= 0.3 is 0 Å². The Morgan fingerprint density at radius 1 is 1.15 bits per heavy atom. The molecular formula is C16H20N4. The minimum absolute atomic E-state index is 0.578. The van der Waals surface area contributed by atoms with Gasteiger partial charge in [-0.2, -0.15) is 0 Å². The summed E-state index contributed by atoms with van der Waals surface area (Å²) in [7, 11) is 0. The molecule has 1 aliphatic carbocycles. The SMILES string of the molecule is NCCc1nccc(NCc2ccc3c(c2)CCC3)n1. The topological polar surface area (TPSA) is 63.8 Å². The Kier molecular flexibility index (Phi) is 3.92. The Morgan fingerprint density at radius 2 is 2.05 bits per heavy atom. The molecule has 1 aromatic carbocycles. The fourth-order valence-corrected chi connectivity index (χ4v) is 2.67. The number of anilines is 1. The maximum absolute atomic E-state index is 5.53. The van der Waals surface area contributed by atoms with E-state index in [1.807, 2.05) is 6.07 Å². The van der Waals surface area contributed by atoms with Crippen molar-refractivity contribution in [2.75, 3.05) is 11.9 Å². The number of benzene rings is 1. The van der Waals surface area contributed by atoms with Crippen LogP contribution in [0.2, 0.25) is 0 Å². The third-order valence-electron chi connectivity index (χ3n) is 3.71. The summed E-state index contributed by atoms with van der Waals surface area (Å²) >= 11 is 0. The summed E-state index contributed by atoms with van der Waals surface area (Å²) in [6.07, 6.45) is 6.24. The van der Waals surface area contributed by atoms with Crippen LogP contribution in [-0.2, 0) is 25.8 Å². The monoisotopic (exact) mass is 268 g/mol. The number of nitrogens with two attached hydrogens (primary N) is 1. The molecule has 1 aromatic heterocycles. The zero-order valence-electron chi connectivity index (χ0n) is 11.6. The van der Waals surface area contributed by atoms with Crippen LogP contribution in [0.5, 0.6) is 0 Å². The molecule has 4 heteroatoms. The number of nitrogens with one attached hydrogen (secondary N) is 1. The van der Waals surface area contributed by atoms with E-state index < -0.39 is 0 Å². The fourth-order valence-electron chi connectivity index (χ4n) is 2.67. The van der Waals surface area contributed by atoms with E-state index in [4.69, 9.17) is 5.73 Å². The number of hydrogen-bond acceptors (Lipinski definition) is 4. The third-order valence-corrected chi connectivity index (χ3v) is 3.71. The van der Waals surface area contributed by atoms with Crippen molar-refractivity contribution < 1.29 is 0 Å². The van der Waals surface area contributed by atoms with Crippen LogP contribution < -0.4 is 11.1 Å².